The van der Waals surface area contributed by atoms with E-state index in [2.05, 4.69) is 9.97 Å². The van der Waals surface area contributed by atoms with E-state index in [0.29, 0.717) is 6.33 Å². The van der Waals surface area contributed by atoms with Crippen LogP contribution in [-0.2, 0) is 11.0 Å². The molecule has 4 nitrogen and oxygen atoms in total. The number of nitrogens with one attached hydrogen (secondary N) is 1. The molecule has 0 aliphatic carbocycles. The van der Waals surface area contributed by atoms with E-state index in [1.807, 2.05) is 0 Å². The number of thioether (sulfide) groups is 1. The van der Waals surface area contributed by atoms with Gasteiger partial charge in [-0.15, -0.1) is 0 Å². The Labute approximate surface area is 104 Å². The quantitative estimate of drug-likeness (QED) is 0.919. The van der Waals surface area contributed by atoms with Crippen molar-refractivity contribution in [3.63, 3.8) is 0 Å². The lowest BCUT2D eigenvalue weighted by Gasteiger charge is -2.07. The molecule has 0 saturated carbocycles. The highest BCUT2D eigenvalue weighted by molar-refractivity contribution is 8.13. The maximum atomic E-state index is 12.6. The molecule has 1 aromatic rings. The smallest absolute Gasteiger partial charge is 0.313 e. The maximum Gasteiger partial charge on any atom is 0.434 e. The molecule has 0 fully saturated rings. The molecule has 0 radical (unpaired) electrons. The summed E-state index contributed by atoms with van der Waals surface area (Å²) >= 11 is 0.930. The van der Waals surface area contributed by atoms with Crippen molar-refractivity contribution in [1.29, 1.82) is 0 Å². The molecule has 0 unspecified atom stereocenters. The van der Waals surface area contributed by atoms with Crippen molar-refractivity contribution in [2.45, 2.75) is 13.1 Å². The third-order valence-corrected chi connectivity index (χ3v) is 2.59. The lowest BCUT2D eigenvalue weighted by Crippen LogP contribution is -2.20. The van der Waals surface area contributed by atoms with E-state index in [1.165, 1.54) is 13.0 Å². The highest BCUT2D eigenvalue weighted by Gasteiger charge is 2.35. The Balaban J connectivity index is 3.01. The lowest BCUT2D eigenvalue weighted by atomic mass is 10.2. The highest BCUT2D eigenvalue weighted by atomic mass is 32.2. The first-order valence-corrected chi connectivity index (χ1v) is 5.75. The van der Waals surface area contributed by atoms with Gasteiger partial charge < -0.3 is 4.98 Å². The number of nitrogens with zero attached hydrogens (tertiary/aromatic N) is 1. The van der Waals surface area contributed by atoms with Gasteiger partial charge in [0.05, 0.1) is 11.9 Å². The molecule has 1 aromatic heterocycles. The Morgan fingerprint density at radius 2 is 2.22 bits per heavy atom. The molecule has 0 spiro atoms. The number of carbonyl (C=O) groups excluding carboxylic acids is 1. The minimum atomic E-state index is -4.69. The summed E-state index contributed by atoms with van der Waals surface area (Å²) in [6.07, 6.45) is -1.66. The topological polar surface area (TPSA) is 62.8 Å². The Hall–Kier alpha value is -1.57. The molecular weight excluding hydrogens is 269 g/mol. The molecule has 0 aromatic carbocycles. The maximum absolute atomic E-state index is 12.6. The van der Waals surface area contributed by atoms with Gasteiger partial charge in [0.25, 0.3) is 5.56 Å². The highest BCUT2D eigenvalue weighted by Crippen LogP contribution is 2.29. The Kier molecular flexibility index (Phi) is 4.71. The summed E-state index contributed by atoms with van der Waals surface area (Å²) < 4.78 is 37.7. The van der Waals surface area contributed by atoms with Crippen LogP contribution in [0, 0.1) is 0 Å². The first-order valence-electron chi connectivity index (χ1n) is 4.77. The Morgan fingerprint density at radius 1 is 1.56 bits per heavy atom. The largest absolute Gasteiger partial charge is 0.434 e. The molecule has 1 heterocycles. The summed E-state index contributed by atoms with van der Waals surface area (Å²) in [5.74, 6) is 0.195. The first-order chi connectivity index (χ1) is 8.32. The molecule has 0 amide bonds. The zero-order chi connectivity index (χ0) is 13.8. The second-order valence-electron chi connectivity index (χ2n) is 3.20. The van der Waals surface area contributed by atoms with Crippen molar-refractivity contribution in [2.24, 2.45) is 0 Å². The van der Waals surface area contributed by atoms with Crippen LogP contribution in [0.1, 0.15) is 18.2 Å². The monoisotopic (exact) mass is 278 g/mol. The summed E-state index contributed by atoms with van der Waals surface area (Å²) in [6.45, 7) is 1.34. The van der Waals surface area contributed by atoms with E-state index in [-0.39, 0.29) is 10.9 Å². The normalized spacial score (nSPS) is 12.0. The SMILES string of the molecule is CC(=O)SCC=Cc1c(C(F)(F)F)nc[nH]c1=O. The average Bonchev–Trinajstić information content (AvgIpc) is 2.24. The van der Waals surface area contributed by atoms with E-state index < -0.39 is 23.0 Å². The molecule has 0 atom stereocenters. The molecule has 98 valence electrons. The first kappa shape index (κ1) is 14.5. The number of halogens is 3. The summed E-state index contributed by atoms with van der Waals surface area (Å²) in [4.78, 5) is 27.1. The molecule has 0 bridgehead atoms. The van der Waals surface area contributed by atoms with Gasteiger partial charge in [0.15, 0.2) is 10.8 Å². The van der Waals surface area contributed by atoms with Crippen molar-refractivity contribution in [3.8, 4) is 0 Å². The summed E-state index contributed by atoms with van der Waals surface area (Å²) in [5.41, 5.74) is -2.68. The molecule has 8 heteroatoms. The summed E-state index contributed by atoms with van der Waals surface area (Å²) in [7, 11) is 0. The van der Waals surface area contributed by atoms with Crippen LogP contribution in [0.2, 0.25) is 0 Å². The van der Waals surface area contributed by atoms with Crippen LogP contribution in [-0.4, -0.2) is 20.8 Å². The van der Waals surface area contributed by atoms with Crippen molar-refractivity contribution in [3.05, 3.63) is 34.0 Å². The van der Waals surface area contributed by atoms with Gasteiger partial charge >= 0.3 is 6.18 Å². The fraction of sp³-hybridized carbons (Fsp3) is 0.300. The van der Waals surface area contributed by atoms with E-state index in [1.54, 1.807) is 0 Å². The van der Waals surface area contributed by atoms with Gasteiger partial charge in [-0.3, -0.25) is 9.59 Å². The van der Waals surface area contributed by atoms with E-state index in [4.69, 9.17) is 0 Å². The van der Waals surface area contributed by atoms with Crippen molar-refractivity contribution in [2.75, 3.05) is 5.75 Å². The van der Waals surface area contributed by atoms with Crippen LogP contribution < -0.4 is 5.56 Å². The third-order valence-electron chi connectivity index (χ3n) is 1.82. The zero-order valence-corrected chi connectivity index (χ0v) is 10.1. The van der Waals surface area contributed by atoms with Crippen molar-refractivity contribution in [1.82, 2.24) is 9.97 Å². The van der Waals surface area contributed by atoms with Crippen molar-refractivity contribution < 1.29 is 18.0 Å². The lowest BCUT2D eigenvalue weighted by molar-refractivity contribution is -0.141. The van der Waals surface area contributed by atoms with Gasteiger partial charge in [0.1, 0.15) is 0 Å². The van der Waals surface area contributed by atoms with E-state index in [0.717, 1.165) is 17.8 Å². The Bertz CT molecular complexity index is 523. The summed E-state index contributed by atoms with van der Waals surface area (Å²) in [6, 6.07) is 0. The fourth-order valence-electron chi connectivity index (χ4n) is 1.12. The Morgan fingerprint density at radius 3 is 2.78 bits per heavy atom. The number of aromatic nitrogens is 2. The van der Waals surface area contributed by atoms with Crippen LogP contribution in [0.4, 0.5) is 13.2 Å². The van der Waals surface area contributed by atoms with Gasteiger partial charge in [-0.05, 0) is 0 Å². The number of rotatable bonds is 3. The molecular formula is C10H9F3N2O2S. The van der Waals surface area contributed by atoms with Crippen LogP contribution in [0.5, 0.6) is 0 Å². The van der Waals surface area contributed by atoms with Crippen LogP contribution in [0.15, 0.2) is 17.2 Å². The molecule has 1 N–H and O–H groups in total. The predicted octanol–water partition coefficient (Wildman–Crippen LogP) is 2.08. The van der Waals surface area contributed by atoms with Crippen LogP contribution in [0.25, 0.3) is 6.08 Å². The standard InChI is InChI=1S/C10H9F3N2O2S/c1-6(16)18-4-2-3-7-8(10(11,12)13)14-5-15-9(7)17/h2-3,5H,4H2,1H3,(H,14,15,17). The van der Waals surface area contributed by atoms with Gasteiger partial charge in [0.2, 0.25) is 0 Å². The second-order valence-corrected chi connectivity index (χ2v) is 4.39. The van der Waals surface area contributed by atoms with E-state index in [9.17, 15) is 22.8 Å². The molecule has 18 heavy (non-hydrogen) atoms. The number of hydrogen-bond donors (Lipinski definition) is 1. The number of H-pyrrole nitrogens is 1. The van der Waals surface area contributed by atoms with Gasteiger partial charge in [0, 0.05) is 12.7 Å². The second kappa shape index (κ2) is 5.85. The van der Waals surface area contributed by atoms with E-state index >= 15 is 0 Å². The molecule has 0 saturated heterocycles. The van der Waals surface area contributed by atoms with Crippen molar-refractivity contribution >= 4 is 23.0 Å². The average molecular weight is 278 g/mol. The minimum absolute atomic E-state index is 0.157. The molecule has 0 aliphatic rings. The molecule has 1 rings (SSSR count). The van der Waals surface area contributed by atoms with Gasteiger partial charge in [-0.1, -0.05) is 23.9 Å². The van der Waals surface area contributed by atoms with Gasteiger partial charge in [-0.2, -0.15) is 13.2 Å². The van der Waals surface area contributed by atoms with Crippen LogP contribution >= 0.6 is 11.8 Å². The predicted molar refractivity (Wildman–Crippen MR) is 62.0 cm³/mol. The number of hydrogen-bond acceptors (Lipinski definition) is 4. The third kappa shape index (κ3) is 4.02. The van der Waals surface area contributed by atoms with Gasteiger partial charge in [-0.25, -0.2) is 4.98 Å². The number of alkyl halides is 3. The summed E-state index contributed by atoms with van der Waals surface area (Å²) in [5, 5.41) is -0.157. The number of aromatic amines is 1. The van der Waals surface area contributed by atoms with Crippen LogP contribution in [0.3, 0.4) is 0 Å². The molecule has 0 aliphatic heterocycles. The fourth-order valence-corrected chi connectivity index (χ4v) is 1.55. The minimum Gasteiger partial charge on any atom is -0.313 e. The zero-order valence-electron chi connectivity index (χ0n) is 9.25. The number of carbonyl (C=O) groups is 1.